The maximum atomic E-state index is 12.8. The SMILES string of the molecule is C=NC[C@@H]1CCCN1C(=O)CN1CC[C@H](N(C)c2cnc3ccc(OC)cc3c2)C1. The maximum Gasteiger partial charge on any atom is 0.237 e. The lowest BCUT2D eigenvalue weighted by atomic mass is 10.1. The minimum atomic E-state index is 0.226. The third kappa shape index (κ3) is 4.26. The van der Waals surface area contributed by atoms with Crippen LogP contribution in [0.1, 0.15) is 19.3 Å². The van der Waals surface area contributed by atoms with Crippen LogP contribution in [0, 0.1) is 0 Å². The first-order valence-electron chi connectivity index (χ1n) is 10.7. The Morgan fingerprint density at radius 3 is 3.00 bits per heavy atom. The van der Waals surface area contributed by atoms with Crippen molar-refractivity contribution in [2.24, 2.45) is 4.99 Å². The molecule has 0 spiro atoms. The topological polar surface area (TPSA) is 61.3 Å². The van der Waals surface area contributed by atoms with Crippen molar-refractivity contribution in [1.29, 1.82) is 0 Å². The molecule has 0 N–H and O–H groups in total. The third-order valence-electron chi connectivity index (χ3n) is 6.47. The van der Waals surface area contributed by atoms with Gasteiger partial charge in [0.2, 0.25) is 5.91 Å². The summed E-state index contributed by atoms with van der Waals surface area (Å²) < 4.78 is 5.35. The number of pyridine rings is 1. The number of aromatic nitrogens is 1. The van der Waals surface area contributed by atoms with Gasteiger partial charge in [-0.15, -0.1) is 0 Å². The molecule has 2 aromatic rings. The van der Waals surface area contributed by atoms with Crippen molar-refractivity contribution in [3.8, 4) is 5.75 Å². The van der Waals surface area contributed by atoms with Gasteiger partial charge in [0.25, 0.3) is 0 Å². The van der Waals surface area contributed by atoms with E-state index in [9.17, 15) is 4.79 Å². The molecule has 7 heteroatoms. The Morgan fingerprint density at radius 2 is 2.20 bits per heavy atom. The molecule has 0 bridgehead atoms. The van der Waals surface area contributed by atoms with Gasteiger partial charge in [0.1, 0.15) is 5.75 Å². The van der Waals surface area contributed by atoms with E-state index >= 15 is 0 Å². The van der Waals surface area contributed by atoms with Gasteiger partial charge in [-0.2, -0.15) is 0 Å². The average molecular weight is 410 g/mol. The highest BCUT2D eigenvalue weighted by atomic mass is 16.5. The van der Waals surface area contributed by atoms with E-state index in [2.05, 4.69) is 39.6 Å². The van der Waals surface area contributed by atoms with Crippen LogP contribution in [0.5, 0.6) is 5.75 Å². The van der Waals surface area contributed by atoms with Crippen molar-refractivity contribution in [2.45, 2.75) is 31.3 Å². The summed E-state index contributed by atoms with van der Waals surface area (Å²) in [7, 11) is 3.79. The summed E-state index contributed by atoms with van der Waals surface area (Å²) in [4.78, 5) is 28.0. The summed E-state index contributed by atoms with van der Waals surface area (Å²) in [5.41, 5.74) is 2.05. The molecule has 2 saturated heterocycles. The highest BCUT2D eigenvalue weighted by Gasteiger charge is 2.32. The molecule has 7 nitrogen and oxygen atoms in total. The van der Waals surface area contributed by atoms with Gasteiger partial charge >= 0.3 is 0 Å². The quantitative estimate of drug-likeness (QED) is 0.658. The van der Waals surface area contributed by atoms with Crippen molar-refractivity contribution in [1.82, 2.24) is 14.8 Å². The molecule has 3 heterocycles. The molecule has 2 fully saturated rings. The lowest BCUT2D eigenvalue weighted by Gasteiger charge is -2.28. The summed E-state index contributed by atoms with van der Waals surface area (Å²) in [6.45, 7) is 7.41. The number of nitrogens with zero attached hydrogens (tertiary/aromatic N) is 5. The normalized spacial score (nSPS) is 21.9. The van der Waals surface area contributed by atoms with E-state index in [1.807, 2.05) is 29.3 Å². The number of aliphatic imine (C=N–C) groups is 1. The van der Waals surface area contributed by atoms with Crippen LogP contribution in [0.15, 0.2) is 35.5 Å². The first-order valence-corrected chi connectivity index (χ1v) is 10.7. The second-order valence-corrected chi connectivity index (χ2v) is 8.33. The van der Waals surface area contributed by atoms with Crippen LogP contribution in [-0.2, 0) is 4.79 Å². The van der Waals surface area contributed by atoms with Crippen molar-refractivity contribution in [2.75, 3.05) is 51.8 Å². The van der Waals surface area contributed by atoms with Crippen molar-refractivity contribution in [3.63, 3.8) is 0 Å². The molecule has 0 saturated carbocycles. The summed E-state index contributed by atoms with van der Waals surface area (Å²) in [6, 6.07) is 8.69. The van der Waals surface area contributed by atoms with E-state index in [0.717, 1.165) is 61.2 Å². The number of anilines is 1. The second-order valence-electron chi connectivity index (χ2n) is 8.33. The minimum Gasteiger partial charge on any atom is -0.497 e. The van der Waals surface area contributed by atoms with Crippen LogP contribution >= 0.6 is 0 Å². The maximum absolute atomic E-state index is 12.8. The molecule has 0 unspecified atom stereocenters. The van der Waals surface area contributed by atoms with E-state index < -0.39 is 0 Å². The number of hydrogen-bond acceptors (Lipinski definition) is 6. The highest BCUT2D eigenvalue weighted by molar-refractivity contribution is 5.83. The summed E-state index contributed by atoms with van der Waals surface area (Å²) >= 11 is 0. The smallest absolute Gasteiger partial charge is 0.237 e. The number of rotatable bonds is 7. The lowest BCUT2D eigenvalue weighted by Crippen LogP contribution is -2.44. The van der Waals surface area contributed by atoms with E-state index in [4.69, 9.17) is 4.74 Å². The Morgan fingerprint density at radius 1 is 1.33 bits per heavy atom. The molecule has 0 aliphatic carbocycles. The molecule has 2 atom stereocenters. The molecule has 4 rings (SSSR count). The molecule has 30 heavy (non-hydrogen) atoms. The zero-order chi connectivity index (χ0) is 21.1. The number of fused-ring (bicyclic) bond motifs is 1. The average Bonchev–Trinajstić information content (AvgIpc) is 3.42. The van der Waals surface area contributed by atoms with E-state index in [-0.39, 0.29) is 11.9 Å². The molecule has 1 amide bonds. The monoisotopic (exact) mass is 409 g/mol. The minimum absolute atomic E-state index is 0.226. The first kappa shape index (κ1) is 20.6. The van der Waals surface area contributed by atoms with Gasteiger partial charge in [0.15, 0.2) is 0 Å². The zero-order valence-electron chi connectivity index (χ0n) is 18.0. The zero-order valence-corrected chi connectivity index (χ0v) is 18.0. The van der Waals surface area contributed by atoms with Gasteiger partial charge in [0, 0.05) is 38.1 Å². The van der Waals surface area contributed by atoms with Crippen LogP contribution in [-0.4, -0.2) is 86.4 Å². The van der Waals surface area contributed by atoms with Gasteiger partial charge in [0.05, 0.1) is 43.6 Å². The number of benzene rings is 1. The van der Waals surface area contributed by atoms with Gasteiger partial charge < -0.3 is 14.5 Å². The molecular weight excluding hydrogens is 378 g/mol. The molecule has 2 aliphatic heterocycles. The fourth-order valence-corrected chi connectivity index (χ4v) is 4.69. The number of methoxy groups -OCH3 is 1. The Balaban J connectivity index is 1.38. The largest absolute Gasteiger partial charge is 0.497 e. The number of carbonyl (C=O) groups is 1. The van der Waals surface area contributed by atoms with Gasteiger partial charge in [-0.1, -0.05) is 0 Å². The molecule has 160 valence electrons. The predicted octanol–water partition coefficient (Wildman–Crippen LogP) is 2.45. The van der Waals surface area contributed by atoms with Crippen molar-refractivity contribution >= 4 is 29.2 Å². The fraction of sp³-hybridized carbons (Fsp3) is 0.522. The van der Waals surface area contributed by atoms with Gasteiger partial charge in [-0.25, -0.2) is 0 Å². The Hall–Kier alpha value is -2.67. The van der Waals surface area contributed by atoms with Gasteiger partial charge in [-0.05, 0) is 50.2 Å². The Kier molecular flexibility index (Phi) is 6.18. The standard InChI is InChI=1S/C23H31N5O2/c1-24-13-18-5-4-9-28(18)23(29)16-27-10-8-19(15-27)26(2)20-11-17-12-21(30-3)6-7-22(17)25-14-20/h6-7,11-12,14,18-19H,1,4-5,8-10,13,15-16H2,2-3H3/t18-,19-/m0/s1. The lowest BCUT2D eigenvalue weighted by molar-refractivity contribution is -0.132. The van der Waals surface area contributed by atoms with Crippen molar-refractivity contribution < 1.29 is 9.53 Å². The number of likely N-dealkylation sites (tertiary alicyclic amines) is 2. The Labute approximate surface area is 178 Å². The Bertz CT molecular complexity index is 918. The van der Waals surface area contributed by atoms with Crippen LogP contribution in [0.25, 0.3) is 10.9 Å². The number of carbonyl (C=O) groups excluding carboxylic acids is 1. The second kappa shape index (κ2) is 9.00. The number of amides is 1. The molecule has 0 radical (unpaired) electrons. The van der Waals surface area contributed by atoms with Crippen LogP contribution in [0.4, 0.5) is 5.69 Å². The summed E-state index contributed by atoms with van der Waals surface area (Å²) in [5, 5.41) is 1.07. The van der Waals surface area contributed by atoms with Crippen LogP contribution in [0.3, 0.4) is 0 Å². The van der Waals surface area contributed by atoms with E-state index in [1.165, 1.54) is 0 Å². The molecular formula is C23H31N5O2. The number of likely N-dealkylation sites (N-methyl/N-ethyl adjacent to an activating group) is 1. The fourth-order valence-electron chi connectivity index (χ4n) is 4.69. The molecule has 1 aromatic heterocycles. The third-order valence-corrected chi connectivity index (χ3v) is 6.47. The van der Waals surface area contributed by atoms with E-state index in [0.29, 0.717) is 19.1 Å². The van der Waals surface area contributed by atoms with Crippen LogP contribution in [0.2, 0.25) is 0 Å². The van der Waals surface area contributed by atoms with Crippen molar-refractivity contribution in [3.05, 3.63) is 30.5 Å². The van der Waals surface area contributed by atoms with Gasteiger partial charge in [-0.3, -0.25) is 19.7 Å². The highest BCUT2D eigenvalue weighted by Crippen LogP contribution is 2.27. The molecule has 2 aliphatic rings. The summed E-state index contributed by atoms with van der Waals surface area (Å²) in [5.74, 6) is 1.06. The number of ether oxygens (including phenoxy) is 1. The van der Waals surface area contributed by atoms with E-state index in [1.54, 1.807) is 7.11 Å². The number of hydrogen-bond donors (Lipinski definition) is 0. The first-order chi connectivity index (χ1) is 14.6. The predicted molar refractivity (Wildman–Crippen MR) is 121 cm³/mol. The summed E-state index contributed by atoms with van der Waals surface area (Å²) in [6.07, 6.45) is 5.07. The van der Waals surface area contributed by atoms with Crippen LogP contribution < -0.4 is 9.64 Å². The molecule has 1 aromatic carbocycles.